The van der Waals surface area contributed by atoms with Gasteiger partial charge in [0.1, 0.15) is 18.0 Å². The summed E-state index contributed by atoms with van der Waals surface area (Å²) in [6.45, 7) is 0.910. The van der Waals surface area contributed by atoms with Crippen LogP contribution in [0.2, 0.25) is 10.0 Å². The maximum atomic E-state index is 16.1. The van der Waals surface area contributed by atoms with E-state index in [0.717, 1.165) is 18.4 Å². The number of halogens is 3. The van der Waals surface area contributed by atoms with E-state index in [-0.39, 0.29) is 23.6 Å². The van der Waals surface area contributed by atoms with Crippen LogP contribution in [0.5, 0.6) is 5.88 Å². The third-order valence-electron chi connectivity index (χ3n) is 9.10. The first kappa shape index (κ1) is 25.1. The quantitative estimate of drug-likeness (QED) is 0.338. The van der Waals surface area contributed by atoms with Crippen molar-refractivity contribution in [2.24, 2.45) is 11.7 Å². The highest BCUT2D eigenvalue weighted by Gasteiger charge is 2.69. The van der Waals surface area contributed by atoms with E-state index < -0.39 is 29.2 Å². The minimum atomic E-state index is -1.27. The molecule has 2 fully saturated rings. The summed E-state index contributed by atoms with van der Waals surface area (Å²) in [5.74, 6) is -1.19. The van der Waals surface area contributed by atoms with E-state index in [1.165, 1.54) is 6.07 Å². The number of nitrogens with zero attached hydrogens (tertiary/aromatic N) is 3. The molecule has 1 aliphatic carbocycles. The van der Waals surface area contributed by atoms with Crippen molar-refractivity contribution in [1.29, 1.82) is 0 Å². The Morgan fingerprint density at radius 1 is 1.17 bits per heavy atom. The smallest absolute Gasteiger partial charge is 0.250 e. The average molecular weight is 592 g/mol. The number of hydrogen-bond acceptors (Lipinski definition) is 5. The molecule has 208 valence electrons. The predicted octanol–water partition coefficient (Wildman–Crippen LogP) is 5.24. The van der Waals surface area contributed by atoms with Crippen molar-refractivity contribution in [3.05, 3.63) is 87.2 Å². The molecule has 0 radical (unpaired) electrons. The third kappa shape index (κ3) is 3.40. The van der Waals surface area contributed by atoms with Crippen molar-refractivity contribution in [3.63, 3.8) is 0 Å². The Morgan fingerprint density at radius 3 is 2.78 bits per heavy atom. The van der Waals surface area contributed by atoms with Gasteiger partial charge in [0.15, 0.2) is 0 Å². The fourth-order valence-corrected chi connectivity index (χ4v) is 7.60. The van der Waals surface area contributed by atoms with Gasteiger partial charge in [0.25, 0.3) is 0 Å². The molecule has 11 heteroatoms. The SMILES string of the molecule is NC(=O)c1ccc2c3n(nc2c1)[C@@H]1[C@H](CO3)N(CC2CC2)[C@@]2(C(=O)Nc3cc(Cl)ccc32)[C@H]1c1cccc(Cl)c1F. The van der Waals surface area contributed by atoms with Gasteiger partial charge in [-0.05, 0) is 60.7 Å². The molecule has 1 spiro atoms. The average Bonchev–Trinajstić information content (AvgIpc) is 3.53. The summed E-state index contributed by atoms with van der Waals surface area (Å²) in [5.41, 5.74) is 6.79. The Morgan fingerprint density at radius 2 is 2.00 bits per heavy atom. The summed E-state index contributed by atoms with van der Waals surface area (Å²) in [4.78, 5) is 28.6. The standard InChI is InChI=1S/C30H24Cl2FN5O3/c31-16-7-9-19-22(11-16)35-29(40)30(19)24(18-2-1-3-20(32)25(18)33)26-23(37(30)12-14-4-5-14)13-41-28-17-8-6-15(27(34)39)10-21(17)36-38(26)28/h1-3,6-11,14,23-24,26H,4-5,12-13H2,(H2,34,39)(H,35,40)/t23-,24-,26+,30+/m0/s1. The molecule has 1 aromatic heterocycles. The molecule has 1 saturated carbocycles. The van der Waals surface area contributed by atoms with Crippen molar-refractivity contribution in [3.8, 4) is 5.88 Å². The van der Waals surface area contributed by atoms with Gasteiger partial charge >= 0.3 is 0 Å². The Bertz CT molecular complexity index is 1810. The van der Waals surface area contributed by atoms with Gasteiger partial charge in [-0.25, -0.2) is 9.07 Å². The largest absolute Gasteiger partial charge is 0.476 e. The van der Waals surface area contributed by atoms with Crippen LogP contribution in [0.1, 0.15) is 46.3 Å². The number of nitrogens with one attached hydrogen (secondary N) is 1. The maximum absolute atomic E-state index is 16.1. The summed E-state index contributed by atoms with van der Waals surface area (Å²) in [5, 5.41) is 9.14. The molecule has 3 N–H and O–H groups in total. The first-order valence-corrected chi connectivity index (χ1v) is 14.3. The number of carbonyl (C=O) groups excluding carboxylic acids is 2. The van der Waals surface area contributed by atoms with E-state index in [1.807, 2.05) is 6.07 Å². The molecule has 0 unspecified atom stereocenters. The molecule has 4 atom stereocenters. The highest BCUT2D eigenvalue weighted by molar-refractivity contribution is 6.31. The number of primary amides is 1. The van der Waals surface area contributed by atoms with Gasteiger partial charge in [-0.3, -0.25) is 14.5 Å². The van der Waals surface area contributed by atoms with E-state index in [4.69, 9.17) is 38.8 Å². The van der Waals surface area contributed by atoms with Gasteiger partial charge in [0, 0.05) is 34.3 Å². The molecule has 4 heterocycles. The number of likely N-dealkylation sites (tertiary alicyclic amines) is 1. The number of nitrogens with two attached hydrogens (primary N) is 1. The molecule has 4 aliphatic rings. The number of ether oxygens (including phenoxy) is 1. The second-order valence-electron chi connectivity index (χ2n) is 11.3. The normalized spacial score (nSPS) is 26.5. The molecule has 8 rings (SSSR count). The van der Waals surface area contributed by atoms with Crippen LogP contribution >= 0.6 is 23.2 Å². The number of amides is 2. The molecule has 3 aromatic carbocycles. The van der Waals surface area contributed by atoms with Crippen molar-refractivity contribution in [2.75, 3.05) is 18.5 Å². The number of fused-ring (bicyclic) bond motifs is 7. The Balaban J connectivity index is 1.43. The van der Waals surface area contributed by atoms with Crippen LogP contribution in [-0.2, 0) is 10.3 Å². The van der Waals surface area contributed by atoms with Crippen LogP contribution in [0.25, 0.3) is 10.9 Å². The molecule has 8 nitrogen and oxygen atoms in total. The lowest BCUT2D eigenvalue weighted by atomic mass is 9.73. The number of anilines is 1. The van der Waals surface area contributed by atoms with Gasteiger partial charge < -0.3 is 15.8 Å². The van der Waals surface area contributed by atoms with Crippen molar-refractivity contribution < 1.29 is 18.7 Å². The highest BCUT2D eigenvalue weighted by Crippen LogP contribution is 2.63. The number of rotatable bonds is 4. The van der Waals surface area contributed by atoms with Gasteiger partial charge in [-0.2, -0.15) is 5.10 Å². The molecule has 0 bridgehead atoms. The fraction of sp³-hybridized carbons (Fsp3) is 0.300. The lowest BCUT2D eigenvalue weighted by Crippen LogP contribution is -2.54. The first-order chi connectivity index (χ1) is 19.8. The third-order valence-corrected chi connectivity index (χ3v) is 9.63. The number of benzene rings is 3. The van der Waals surface area contributed by atoms with Gasteiger partial charge in [0.2, 0.25) is 17.7 Å². The topological polar surface area (TPSA) is 102 Å². The lowest BCUT2D eigenvalue weighted by Gasteiger charge is -2.39. The molecule has 3 aliphatic heterocycles. The lowest BCUT2D eigenvalue weighted by molar-refractivity contribution is -0.128. The molecular weight excluding hydrogens is 568 g/mol. The van der Waals surface area contributed by atoms with Crippen molar-refractivity contribution in [1.82, 2.24) is 14.7 Å². The van der Waals surface area contributed by atoms with E-state index in [2.05, 4.69) is 10.2 Å². The fourth-order valence-electron chi connectivity index (χ4n) is 7.24. The van der Waals surface area contributed by atoms with Crippen molar-refractivity contribution in [2.45, 2.75) is 36.4 Å². The number of hydrogen-bond donors (Lipinski definition) is 2. The summed E-state index contributed by atoms with van der Waals surface area (Å²) < 4.78 is 24.3. The predicted molar refractivity (Wildman–Crippen MR) is 152 cm³/mol. The van der Waals surface area contributed by atoms with Crippen LogP contribution in [0.4, 0.5) is 10.1 Å². The summed E-state index contributed by atoms with van der Waals surface area (Å²) >= 11 is 12.7. The molecular formula is C30H24Cl2FN5O3. The Hall–Kier alpha value is -3.66. The zero-order valence-electron chi connectivity index (χ0n) is 21.6. The zero-order chi connectivity index (χ0) is 28.2. The van der Waals surface area contributed by atoms with E-state index >= 15 is 4.39 Å². The van der Waals surface area contributed by atoms with Crippen LogP contribution < -0.4 is 15.8 Å². The summed E-state index contributed by atoms with van der Waals surface area (Å²) in [6, 6.07) is 14.5. The minimum absolute atomic E-state index is 0.0198. The Labute approximate surface area is 244 Å². The second kappa shape index (κ2) is 8.67. The summed E-state index contributed by atoms with van der Waals surface area (Å²) in [7, 11) is 0. The van der Waals surface area contributed by atoms with Crippen molar-refractivity contribution >= 4 is 51.6 Å². The molecule has 1 saturated heterocycles. The van der Waals surface area contributed by atoms with Crippen LogP contribution in [0, 0.1) is 11.7 Å². The second-order valence-corrected chi connectivity index (χ2v) is 12.2. The van der Waals surface area contributed by atoms with E-state index in [1.54, 1.807) is 47.1 Å². The van der Waals surface area contributed by atoms with Crippen LogP contribution in [-0.4, -0.2) is 45.7 Å². The van der Waals surface area contributed by atoms with Crippen LogP contribution in [0.15, 0.2) is 54.6 Å². The Kier molecular flexibility index (Phi) is 5.31. The first-order valence-electron chi connectivity index (χ1n) is 13.6. The maximum Gasteiger partial charge on any atom is 0.250 e. The summed E-state index contributed by atoms with van der Waals surface area (Å²) in [6.07, 6.45) is 2.12. The number of carbonyl (C=O) groups is 2. The zero-order valence-corrected chi connectivity index (χ0v) is 23.1. The minimum Gasteiger partial charge on any atom is -0.476 e. The molecule has 4 aromatic rings. The molecule has 41 heavy (non-hydrogen) atoms. The molecule has 2 amide bonds. The van der Waals surface area contributed by atoms with Gasteiger partial charge in [0.05, 0.1) is 28.0 Å². The van der Waals surface area contributed by atoms with Gasteiger partial charge in [-0.15, -0.1) is 0 Å². The number of aromatic nitrogens is 2. The van der Waals surface area contributed by atoms with Crippen LogP contribution in [0.3, 0.4) is 0 Å². The highest BCUT2D eigenvalue weighted by atomic mass is 35.5. The van der Waals surface area contributed by atoms with E-state index in [0.29, 0.717) is 51.1 Å². The van der Waals surface area contributed by atoms with Gasteiger partial charge in [-0.1, -0.05) is 41.4 Å². The van der Waals surface area contributed by atoms with E-state index in [9.17, 15) is 9.59 Å². The monoisotopic (exact) mass is 591 g/mol.